The molecule has 3 heteroatoms. The third kappa shape index (κ3) is 3.69. The number of carbonyl (C=O) groups is 1. The molecule has 0 heterocycles. The Hall–Kier alpha value is -1.25. The molecule has 0 aliphatic heterocycles. The number of ether oxygens (including phenoxy) is 1. The highest BCUT2D eigenvalue weighted by Crippen LogP contribution is 2.41. The Kier molecular flexibility index (Phi) is 4.67. The summed E-state index contributed by atoms with van der Waals surface area (Å²) in [5.74, 6) is 0.952. The fraction of sp³-hybridized carbons (Fsp3) is 0.722. The van der Waals surface area contributed by atoms with Crippen LogP contribution < -0.4 is 5.32 Å². The topological polar surface area (TPSA) is 38.3 Å². The lowest BCUT2D eigenvalue weighted by Gasteiger charge is -2.31. The highest BCUT2D eigenvalue weighted by molar-refractivity contribution is 5.72. The van der Waals surface area contributed by atoms with Crippen molar-refractivity contribution >= 4 is 5.97 Å². The highest BCUT2D eigenvalue weighted by Gasteiger charge is 2.31. The maximum Gasteiger partial charge on any atom is 0.308 e. The molecule has 0 atom stereocenters. The van der Waals surface area contributed by atoms with E-state index in [1.807, 2.05) is 6.92 Å². The number of allylic oxidation sites excluding steroid dienone is 3. The summed E-state index contributed by atoms with van der Waals surface area (Å²) in [6, 6.07) is 0.530. The number of nitrogens with one attached hydrogen (secondary N) is 1. The van der Waals surface area contributed by atoms with Gasteiger partial charge in [-0.1, -0.05) is 12.2 Å². The van der Waals surface area contributed by atoms with Gasteiger partial charge in [0.05, 0.1) is 12.5 Å². The Bertz CT molecular complexity index is 440. The second-order valence-electron chi connectivity index (χ2n) is 6.57. The van der Waals surface area contributed by atoms with E-state index in [2.05, 4.69) is 17.5 Å². The minimum atomic E-state index is 0.00592. The van der Waals surface area contributed by atoms with Gasteiger partial charge in [-0.2, -0.15) is 0 Å². The Morgan fingerprint density at radius 2 is 1.86 bits per heavy atom. The van der Waals surface area contributed by atoms with Crippen molar-refractivity contribution in [3.05, 3.63) is 23.4 Å². The first kappa shape index (κ1) is 14.7. The second-order valence-corrected chi connectivity index (χ2v) is 6.57. The summed E-state index contributed by atoms with van der Waals surface area (Å²) in [6.07, 6.45) is 14.0. The lowest BCUT2D eigenvalue weighted by atomic mass is 9.85. The van der Waals surface area contributed by atoms with Crippen LogP contribution in [-0.2, 0) is 9.53 Å². The summed E-state index contributed by atoms with van der Waals surface area (Å²) in [4.78, 5) is 11.8. The maximum absolute atomic E-state index is 11.8. The summed E-state index contributed by atoms with van der Waals surface area (Å²) in [6.45, 7) is 2.38. The van der Waals surface area contributed by atoms with Crippen LogP contribution in [0.4, 0.5) is 0 Å². The molecule has 0 amide bonds. The van der Waals surface area contributed by atoms with Gasteiger partial charge in [-0.3, -0.25) is 4.79 Å². The SMILES string of the molecule is CCOC(=O)C1CCC(NC2=CCCC=C2C2CC2)CC1. The Morgan fingerprint density at radius 1 is 1.14 bits per heavy atom. The molecular formula is C18H27NO2. The predicted molar refractivity (Wildman–Crippen MR) is 83.6 cm³/mol. The lowest BCUT2D eigenvalue weighted by Crippen LogP contribution is -2.35. The van der Waals surface area contributed by atoms with Crippen LogP contribution in [0.3, 0.4) is 0 Å². The predicted octanol–water partition coefficient (Wildman–Crippen LogP) is 3.71. The molecule has 21 heavy (non-hydrogen) atoms. The van der Waals surface area contributed by atoms with E-state index >= 15 is 0 Å². The van der Waals surface area contributed by atoms with E-state index in [0.717, 1.165) is 38.0 Å². The molecule has 0 aromatic heterocycles. The van der Waals surface area contributed by atoms with E-state index in [4.69, 9.17) is 4.74 Å². The zero-order chi connectivity index (χ0) is 14.7. The van der Waals surface area contributed by atoms with Gasteiger partial charge in [-0.25, -0.2) is 0 Å². The van der Waals surface area contributed by atoms with Crippen LogP contribution in [0.1, 0.15) is 58.3 Å². The molecule has 0 aromatic rings. The van der Waals surface area contributed by atoms with Crippen molar-refractivity contribution in [1.29, 1.82) is 0 Å². The van der Waals surface area contributed by atoms with Crippen molar-refractivity contribution in [1.82, 2.24) is 5.32 Å². The molecule has 0 aromatic carbocycles. The molecule has 0 unspecified atom stereocenters. The van der Waals surface area contributed by atoms with Gasteiger partial charge in [-0.05, 0) is 69.8 Å². The van der Waals surface area contributed by atoms with Crippen LogP contribution in [0.2, 0.25) is 0 Å². The summed E-state index contributed by atoms with van der Waals surface area (Å²) in [5.41, 5.74) is 2.96. The summed E-state index contributed by atoms with van der Waals surface area (Å²) < 4.78 is 5.14. The largest absolute Gasteiger partial charge is 0.466 e. The lowest BCUT2D eigenvalue weighted by molar-refractivity contribution is -0.149. The molecule has 2 fully saturated rings. The highest BCUT2D eigenvalue weighted by atomic mass is 16.5. The van der Waals surface area contributed by atoms with E-state index in [1.54, 1.807) is 5.57 Å². The molecule has 0 spiro atoms. The zero-order valence-corrected chi connectivity index (χ0v) is 13.1. The van der Waals surface area contributed by atoms with Crippen molar-refractivity contribution in [2.45, 2.75) is 64.3 Å². The number of hydrogen-bond donors (Lipinski definition) is 1. The Labute approximate surface area is 127 Å². The first-order chi connectivity index (χ1) is 10.3. The van der Waals surface area contributed by atoms with Gasteiger partial charge in [0.15, 0.2) is 0 Å². The fourth-order valence-corrected chi connectivity index (χ4v) is 3.57. The molecule has 3 aliphatic carbocycles. The summed E-state index contributed by atoms with van der Waals surface area (Å²) in [5, 5.41) is 3.76. The average molecular weight is 289 g/mol. The third-order valence-electron chi connectivity index (χ3n) is 4.91. The molecular weight excluding hydrogens is 262 g/mol. The normalized spacial score (nSPS) is 29.4. The summed E-state index contributed by atoms with van der Waals surface area (Å²) in [7, 11) is 0. The molecule has 0 bridgehead atoms. The van der Waals surface area contributed by atoms with E-state index < -0.39 is 0 Å². The molecule has 2 saturated carbocycles. The van der Waals surface area contributed by atoms with Gasteiger partial charge in [0.25, 0.3) is 0 Å². The minimum absolute atomic E-state index is 0.00592. The first-order valence-electron chi connectivity index (χ1n) is 8.61. The van der Waals surface area contributed by atoms with Crippen molar-refractivity contribution in [3.63, 3.8) is 0 Å². The van der Waals surface area contributed by atoms with Crippen LogP contribution in [0.5, 0.6) is 0 Å². The van der Waals surface area contributed by atoms with Crippen molar-refractivity contribution < 1.29 is 9.53 Å². The number of rotatable bonds is 5. The Morgan fingerprint density at radius 3 is 2.52 bits per heavy atom. The van der Waals surface area contributed by atoms with Gasteiger partial charge in [-0.15, -0.1) is 0 Å². The van der Waals surface area contributed by atoms with E-state index in [-0.39, 0.29) is 11.9 Å². The zero-order valence-electron chi connectivity index (χ0n) is 13.1. The fourth-order valence-electron chi connectivity index (χ4n) is 3.57. The average Bonchev–Trinajstić information content (AvgIpc) is 3.33. The van der Waals surface area contributed by atoms with Gasteiger partial charge in [0.1, 0.15) is 0 Å². The summed E-state index contributed by atoms with van der Waals surface area (Å²) >= 11 is 0. The number of esters is 1. The smallest absolute Gasteiger partial charge is 0.308 e. The maximum atomic E-state index is 11.8. The van der Waals surface area contributed by atoms with Crippen molar-refractivity contribution in [2.75, 3.05) is 6.61 Å². The monoisotopic (exact) mass is 289 g/mol. The van der Waals surface area contributed by atoms with Crippen LogP contribution >= 0.6 is 0 Å². The second kappa shape index (κ2) is 6.67. The molecule has 3 aliphatic rings. The van der Waals surface area contributed by atoms with Crippen LogP contribution in [0.15, 0.2) is 23.4 Å². The van der Waals surface area contributed by atoms with Gasteiger partial charge < -0.3 is 10.1 Å². The van der Waals surface area contributed by atoms with Gasteiger partial charge in [0, 0.05) is 11.7 Å². The molecule has 3 nitrogen and oxygen atoms in total. The van der Waals surface area contributed by atoms with Gasteiger partial charge >= 0.3 is 5.97 Å². The molecule has 1 N–H and O–H groups in total. The molecule has 3 rings (SSSR count). The van der Waals surface area contributed by atoms with E-state index in [9.17, 15) is 4.79 Å². The number of hydrogen-bond acceptors (Lipinski definition) is 3. The van der Waals surface area contributed by atoms with Crippen LogP contribution in [-0.4, -0.2) is 18.6 Å². The van der Waals surface area contributed by atoms with Crippen molar-refractivity contribution in [2.24, 2.45) is 11.8 Å². The van der Waals surface area contributed by atoms with Crippen molar-refractivity contribution in [3.8, 4) is 0 Å². The van der Waals surface area contributed by atoms with Gasteiger partial charge in [0.2, 0.25) is 0 Å². The minimum Gasteiger partial charge on any atom is -0.466 e. The molecule has 0 radical (unpaired) electrons. The number of carbonyl (C=O) groups excluding carboxylic acids is 1. The van der Waals surface area contributed by atoms with E-state index in [0.29, 0.717) is 12.6 Å². The standard InChI is InChI=1S/C18H27NO2/c1-2-21-18(20)14-9-11-15(12-10-14)19-17-6-4-3-5-16(17)13-7-8-13/h5-6,13-15,19H,2-4,7-12H2,1H3. The van der Waals surface area contributed by atoms with E-state index in [1.165, 1.54) is 25.0 Å². The van der Waals surface area contributed by atoms with Crippen LogP contribution in [0.25, 0.3) is 0 Å². The molecule has 0 saturated heterocycles. The quantitative estimate of drug-likeness (QED) is 0.784. The van der Waals surface area contributed by atoms with Crippen LogP contribution in [0, 0.1) is 11.8 Å². The first-order valence-corrected chi connectivity index (χ1v) is 8.61. The molecule has 116 valence electrons. The Balaban J connectivity index is 1.50. The third-order valence-corrected chi connectivity index (χ3v) is 4.91.